The van der Waals surface area contributed by atoms with Gasteiger partial charge >= 0.3 is 0 Å². The molecule has 0 aliphatic rings. The molecule has 0 aromatic carbocycles. The van der Waals surface area contributed by atoms with Gasteiger partial charge in [-0.3, -0.25) is 0 Å². The lowest BCUT2D eigenvalue weighted by Crippen LogP contribution is -2.31. The van der Waals surface area contributed by atoms with Crippen molar-refractivity contribution in [3.05, 3.63) is 22.3 Å². The fourth-order valence-corrected chi connectivity index (χ4v) is 2.20. The number of anilines is 1. The second-order valence-electron chi connectivity index (χ2n) is 4.60. The molecule has 0 spiro atoms. The van der Waals surface area contributed by atoms with Crippen LogP contribution >= 0.6 is 15.9 Å². The Morgan fingerprint density at radius 1 is 1.47 bits per heavy atom. The molecule has 1 heterocycles. The molecule has 84 valence electrons. The predicted octanol–water partition coefficient (Wildman–Crippen LogP) is 4.14. The first-order valence-corrected chi connectivity index (χ1v) is 6.14. The van der Waals surface area contributed by atoms with Gasteiger partial charge in [0.1, 0.15) is 5.82 Å². The van der Waals surface area contributed by atoms with Crippen molar-refractivity contribution in [2.24, 2.45) is 0 Å². The Hall–Kier alpha value is -0.570. The normalized spacial score (nSPS) is 11.5. The van der Waals surface area contributed by atoms with Crippen molar-refractivity contribution in [1.29, 1.82) is 0 Å². The first kappa shape index (κ1) is 12.5. The summed E-state index contributed by atoms with van der Waals surface area (Å²) in [5.74, 6) is 0.930. The van der Waals surface area contributed by atoms with E-state index in [1.165, 1.54) is 12.0 Å². The van der Waals surface area contributed by atoms with E-state index < -0.39 is 0 Å². The molecule has 0 aliphatic heterocycles. The van der Waals surface area contributed by atoms with Crippen LogP contribution in [-0.2, 0) is 0 Å². The summed E-state index contributed by atoms with van der Waals surface area (Å²) in [4.78, 5) is 4.39. The summed E-state index contributed by atoms with van der Waals surface area (Å²) in [5, 5.41) is 3.46. The number of nitrogens with one attached hydrogen (secondary N) is 1. The van der Waals surface area contributed by atoms with Gasteiger partial charge in [-0.05, 0) is 54.8 Å². The molecule has 0 aliphatic carbocycles. The minimum atomic E-state index is 0.0968. The SMILES string of the molecule is CCCC(C)(C)Nc1ncc(C)cc1Br. The Bertz CT molecular complexity index is 334. The van der Waals surface area contributed by atoms with Crippen LogP contribution in [0.3, 0.4) is 0 Å². The average molecular weight is 271 g/mol. The van der Waals surface area contributed by atoms with Gasteiger partial charge in [-0.15, -0.1) is 0 Å². The molecule has 15 heavy (non-hydrogen) atoms. The highest BCUT2D eigenvalue weighted by molar-refractivity contribution is 9.10. The van der Waals surface area contributed by atoms with E-state index in [0.717, 1.165) is 16.7 Å². The topological polar surface area (TPSA) is 24.9 Å². The van der Waals surface area contributed by atoms with Crippen molar-refractivity contribution in [3.8, 4) is 0 Å². The molecule has 1 N–H and O–H groups in total. The van der Waals surface area contributed by atoms with Gasteiger partial charge in [0.15, 0.2) is 0 Å². The predicted molar refractivity (Wildman–Crippen MR) is 69.3 cm³/mol. The number of aromatic nitrogens is 1. The molecule has 0 fully saturated rings. The van der Waals surface area contributed by atoms with Crippen molar-refractivity contribution in [2.45, 2.75) is 46.1 Å². The molecule has 0 bridgehead atoms. The van der Waals surface area contributed by atoms with Crippen LogP contribution < -0.4 is 5.32 Å². The molecule has 0 saturated heterocycles. The third kappa shape index (κ3) is 3.82. The van der Waals surface area contributed by atoms with E-state index in [-0.39, 0.29) is 5.54 Å². The van der Waals surface area contributed by atoms with Crippen LogP contribution in [0, 0.1) is 6.92 Å². The summed E-state index contributed by atoms with van der Waals surface area (Å²) in [5.41, 5.74) is 1.26. The molecular formula is C12H19BrN2. The van der Waals surface area contributed by atoms with Gasteiger partial charge in [0.2, 0.25) is 0 Å². The second-order valence-corrected chi connectivity index (χ2v) is 5.46. The average Bonchev–Trinajstić information content (AvgIpc) is 2.09. The number of rotatable bonds is 4. The van der Waals surface area contributed by atoms with Crippen LogP contribution in [0.15, 0.2) is 16.7 Å². The van der Waals surface area contributed by atoms with Gasteiger partial charge in [-0.25, -0.2) is 4.98 Å². The fraction of sp³-hybridized carbons (Fsp3) is 0.583. The first-order chi connectivity index (χ1) is 6.94. The van der Waals surface area contributed by atoms with Crippen LogP contribution in [0.2, 0.25) is 0 Å². The van der Waals surface area contributed by atoms with Crippen LogP contribution in [0.5, 0.6) is 0 Å². The van der Waals surface area contributed by atoms with Crippen molar-refractivity contribution in [2.75, 3.05) is 5.32 Å². The maximum absolute atomic E-state index is 4.39. The summed E-state index contributed by atoms with van der Waals surface area (Å²) in [6.07, 6.45) is 4.19. The quantitative estimate of drug-likeness (QED) is 0.890. The molecule has 0 amide bonds. The standard InChI is InChI=1S/C12H19BrN2/c1-5-6-12(3,4)15-11-10(13)7-9(2)8-14-11/h7-8H,5-6H2,1-4H3,(H,14,15). The van der Waals surface area contributed by atoms with Gasteiger partial charge in [-0.1, -0.05) is 13.3 Å². The van der Waals surface area contributed by atoms with Crippen molar-refractivity contribution >= 4 is 21.7 Å². The minimum absolute atomic E-state index is 0.0968. The summed E-state index contributed by atoms with van der Waals surface area (Å²) < 4.78 is 1.03. The molecule has 0 atom stereocenters. The lowest BCUT2D eigenvalue weighted by molar-refractivity contribution is 0.508. The smallest absolute Gasteiger partial charge is 0.140 e. The molecule has 0 saturated carbocycles. The number of hydrogen-bond donors (Lipinski definition) is 1. The molecule has 2 nitrogen and oxygen atoms in total. The van der Waals surface area contributed by atoms with Crippen molar-refractivity contribution < 1.29 is 0 Å². The van der Waals surface area contributed by atoms with Gasteiger partial charge in [0, 0.05) is 11.7 Å². The molecule has 1 aromatic heterocycles. The van der Waals surface area contributed by atoms with Gasteiger partial charge in [0.05, 0.1) is 4.47 Å². The Labute approximate surface area is 101 Å². The van der Waals surface area contributed by atoms with E-state index in [2.05, 4.69) is 53.1 Å². The highest BCUT2D eigenvalue weighted by Crippen LogP contribution is 2.25. The zero-order chi connectivity index (χ0) is 11.5. The van der Waals surface area contributed by atoms with E-state index in [4.69, 9.17) is 0 Å². The third-order valence-corrected chi connectivity index (χ3v) is 2.91. The molecular weight excluding hydrogens is 252 g/mol. The second kappa shape index (κ2) is 4.97. The van der Waals surface area contributed by atoms with Crippen LogP contribution in [0.4, 0.5) is 5.82 Å². The number of nitrogens with zero attached hydrogens (tertiary/aromatic N) is 1. The first-order valence-electron chi connectivity index (χ1n) is 5.35. The van der Waals surface area contributed by atoms with E-state index in [1.807, 2.05) is 13.1 Å². The molecule has 0 unspecified atom stereocenters. The van der Waals surface area contributed by atoms with Crippen LogP contribution in [-0.4, -0.2) is 10.5 Å². The van der Waals surface area contributed by atoms with Crippen molar-refractivity contribution in [3.63, 3.8) is 0 Å². The number of pyridine rings is 1. The summed E-state index contributed by atoms with van der Waals surface area (Å²) in [6, 6.07) is 2.08. The van der Waals surface area contributed by atoms with E-state index in [9.17, 15) is 0 Å². The fourth-order valence-electron chi connectivity index (χ4n) is 1.63. The number of hydrogen-bond acceptors (Lipinski definition) is 2. The zero-order valence-electron chi connectivity index (χ0n) is 9.89. The van der Waals surface area contributed by atoms with E-state index in [0.29, 0.717) is 0 Å². The summed E-state index contributed by atoms with van der Waals surface area (Å²) in [6.45, 7) is 8.63. The zero-order valence-corrected chi connectivity index (χ0v) is 11.5. The van der Waals surface area contributed by atoms with Crippen LogP contribution in [0.25, 0.3) is 0 Å². The Morgan fingerprint density at radius 2 is 2.13 bits per heavy atom. The highest BCUT2D eigenvalue weighted by atomic mass is 79.9. The van der Waals surface area contributed by atoms with Crippen molar-refractivity contribution in [1.82, 2.24) is 4.98 Å². The Kier molecular flexibility index (Phi) is 4.14. The largest absolute Gasteiger partial charge is 0.364 e. The molecule has 1 aromatic rings. The monoisotopic (exact) mass is 270 g/mol. The number of halogens is 1. The van der Waals surface area contributed by atoms with Gasteiger partial charge in [-0.2, -0.15) is 0 Å². The maximum Gasteiger partial charge on any atom is 0.140 e. The highest BCUT2D eigenvalue weighted by Gasteiger charge is 2.17. The minimum Gasteiger partial charge on any atom is -0.364 e. The summed E-state index contributed by atoms with van der Waals surface area (Å²) in [7, 11) is 0. The molecule has 1 rings (SSSR count). The van der Waals surface area contributed by atoms with Crippen LogP contribution in [0.1, 0.15) is 39.2 Å². The molecule has 3 heteroatoms. The Balaban J connectivity index is 2.80. The lowest BCUT2D eigenvalue weighted by Gasteiger charge is -2.27. The van der Waals surface area contributed by atoms with Gasteiger partial charge in [0.25, 0.3) is 0 Å². The van der Waals surface area contributed by atoms with Gasteiger partial charge < -0.3 is 5.32 Å². The molecule has 0 radical (unpaired) electrons. The number of aryl methyl sites for hydroxylation is 1. The maximum atomic E-state index is 4.39. The Morgan fingerprint density at radius 3 is 2.67 bits per heavy atom. The van der Waals surface area contributed by atoms with E-state index >= 15 is 0 Å². The lowest BCUT2D eigenvalue weighted by atomic mass is 9.99. The van der Waals surface area contributed by atoms with E-state index in [1.54, 1.807) is 0 Å². The summed E-state index contributed by atoms with van der Waals surface area (Å²) >= 11 is 3.53. The third-order valence-electron chi connectivity index (χ3n) is 2.31.